The summed E-state index contributed by atoms with van der Waals surface area (Å²) in [6.45, 7) is 7.16. The molecule has 2 unspecified atom stereocenters. The van der Waals surface area contributed by atoms with Gasteiger partial charge in [-0.2, -0.15) is 0 Å². The lowest BCUT2D eigenvalue weighted by atomic mass is 10.0. The van der Waals surface area contributed by atoms with Crippen molar-refractivity contribution in [2.75, 3.05) is 37.5 Å². The lowest BCUT2D eigenvalue weighted by Crippen LogP contribution is -2.22. The maximum absolute atomic E-state index is 5.12. The van der Waals surface area contributed by atoms with Crippen molar-refractivity contribution in [3.8, 4) is 0 Å². The number of ether oxygens (including phenoxy) is 1. The average molecular weight is 250 g/mol. The summed E-state index contributed by atoms with van der Waals surface area (Å²) in [4.78, 5) is 11.3. The van der Waals surface area contributed by atoms with E-state index in [1.54, 1.807) is 7.11 Å². The number of nitrogens with zero attached hydrogens (tertiary/aromatic N) is 3. The Bertz CT molecular complexity index is 400. The first-order chi connectivity index (χ1) is 8.63. The van der Waals surface area contributed by atoms with E-state index in [0.29, 0.717) is 18.4 Å². The molecule has 0 aromatic carbocycles. The van der Waals surface area contributed by atoms with Gasteiger partial charge in [0.25, 0.3) is 0 Å². The average Bonchev–Trinajstić information content (AvgIpc) is 2.70. The molecule has 1 aromatic rings. The molecular weight excluding hydrogens is 228 g/mol. The van der Waals surface area contributed by atoms with E-state index < -0.39 is 0 Å². The Kier molecular flexibility index (Phi) is 4.01. The number of aromatic nitrogens is 2. The summed E-state index contributed by atoms with van der Waals surface area (Å²) in [7, 11) is 3.53. The van der Waals surface area contributed by atoms with Gasteiger partial charge in [-0.25, -0.2) is 9.97 Å². The second-order valence-electron chi connectivity index (χ2n) is 5.07. The molecule has 0 radical (unpaired) electrons. The molecule has 18 heavy (non-hydrogen) atoms. The molecule has 5 nitrogen and oxygen atoms in total. The van der Waals surface area contributed by atoms with Gasteiger partial charge in [-0.3, -0.25) is 0 Å². The van der Waals surface area contributed by atoms with E-state index in [4.69, 9.17) is 4.74 Å². The van der Waals surface area contributed by atoms with Crippen molar-refractivity contribution < 1.29 is 4.74 Å². The standard InChI is InChI=1S/C13H22N4O/c1-9-6-17(7-10(9)2)13-5-11(14-3)15-12(16-13)8-18-4/h5,9-10H,6-8H2,1-4H3,(H,14,15,16). The van der Waals surface area contributed by atoms with Gasteiger partial charge < -0.3 is 15.0 Å². The lowest BCUT2D eigenvalue weighted by Gasteiger charge is -2.18. The molecule has 2 heterocycles. The van der Waals surface area contributed by atoms with E-state index in [2.05, 4.69) is 34.0 Å². The van der Waals surface area contributed by atoms with Crippen molar-refractivity contribution in [3.05, 3.63) is 11.9 Å². The highest BCUT2D eigenvalue weighted by Crippen LogP contribution is 2.27. The normalized spacial score (nSPS) is 23.4. The monoisotopic (exact) mass is 250 g/mol. The second-order valence-corrected chi connectivity index (χ2v) is 5.07. The van der Waals surface area contributed by atoms with Gasteiger partial charge in [0, 0.05) is 33.3 Å². The third kappa shape index (κ3) is 2.72. The lowest BCUT2D eigenvalue weighted by molar-refractivity contribution is 0.178. The number of methoxy groups -OCH3 is 1. The maximum Gasteiger partial charge on any atom is 0.158 e. The third-order valence-corrected chi connectivity index (χ3v) is 3.60. The third-order valence-electron chi connectivity index (χ3n) is 3.60. The number of hydrogen-bond donors (Lipinski definition) is 1. The quantitative estimate of drug-likeness (QED) is 0.882. The van der Waals surface area contributed by atoms with Gasteiger partial charge in [-0.05, 0) is 11.8 Å². The fraction of sp³-hybridized carbons (Fsp3) is 0.692. The van der Waals surface area contributed by atoms with Crippen LogP contribution in [0.1, 0.15) is 19.7 Å². The molecule has 0 saturated carbocycles. The van der Waals surface area contributed by atoms with Crippen LogP contribution < -0.4 is 10.2 Å². The SMILES string of the molecule is CNc1cc(N2CC(C)C(C)C2)nc(COC)n1. The van der Waals surface area contributed by atoms with E-state index in [1.807, 2.05) is 13.1 Å². The minimum Gasteiger partial charge on any atom is -0.377 e. The fourth-order valence-electron chi connectivity index (χ4n) is 2.28. The molecule has 0 amide bonds. The molecule has 2 atom stereocenters. The number of rotatable bonds is 4. The molecule has 100 valence electrons. The summed E-state index contributed by atoms with van der Waals surface area (Å²) >= 11 is 0. The molecule has 1 fully saturated rings. The highest BCUT2D eigenvalue weighted by Gasteiger charge is 2.27. The molecule has 0 aliphatic carbocycles. The van der Waals surface area contributed by atoms with Gasteiger partial charge in [0.15, 0.2) is 5.82 Å². The molecule has 1 saturated heterocycles. The molecular formula is C13H22N4O. The van der Waals surface area contributed by atoms with Gasteiger partial charge >= 0.3 is 0 Å². The predicted octanol–water partition coefficient (Wildman–Crippen LogP) is 1.76. The Morgan fingerprint density at radius 1 is 1.33 bits per heavy atom. The molecule has 1 aliphatic rings. The molecule has 1 aliphatic heterocycles. The Morgan fingerprint density at radius 3 is 2.56 bits per heavy atom. The van der Waals surface area contributed by atoms with Crippen molar-refractivity contribution >= 4 is 11.6 Å². The molecule has 1 aromatic heterocycles. The summed E-state index contributed by atoms with van der Waals surface area (Å²) in [6.07, 6.45) is 0. The van der Waals surface area contributed by atoms with Crippen molar-refractivity contribution in [2.24, 2.45) is 11.8 Å². The van der Waals surface area contributed by atoms with Crippen LogP contribution in [0.25, 0.3) is 0 Å². The Morgan fingerprint density at radius 2 is 2.00 bits per heavy atom. The number of hydrogen-bond acceptors (Lipinski definition) is 5. The Labute approximate surface area is 109 Å². The van der Waals surface area contributed by atoms with E-state index in [9.17, 15) is 0 Å². The van der Waals surface area contributed by atoms with Gasteiger partial charge in [-0.1, -0.05) is 13.8 Å². The van der Waals surface area contributed by atoms with E-state index in [1.165, 1.54) is 0 Å². The van der Waals surface area contributed by atoms with Gasteiger partial charge in [0.05, 0.1) is 0 Å². The summed E-state index contributed by atoms with van der Waals surface area (Å²) in [5, 5.41) is 3.08. The molecule has 5 heteroatoms. The van der Waals surface area contributed by atoms with E-state index in [-0.39, 0.29) is 0 Å². The summed E-state index contributed by atoms with van der Waals surface area (Å²) in [5.41, 5.74) is 0. The van der Waals surface area contributed by atoms with Crippen molar-refractivity contribution in [3.63, 3.8) is 0 Å². The molecule has 0 bridgehead atoms. The summed E-state index contributed by atoms with van der Waals surface area (Å²) in [6, 6.07) is 2.00. The van der Waals surface area contributed by atoms with Crippen molar-refractivity contribution in [1.29, 1.82) is 0 Å². The highest BCUT2D eigenvalue weighted by atomic mass is 16.5. The van der Waals surface area contributed by atoms with Crippen LogP contribution in [0.2, 0.25) is 0 Å². The highest BCUT2D eigenvalue weighted by molar-refractivity contribution is 5.50. The fourth-order valence-corrected chi connectivity index (χ4v) is 2.28. The van der Waals surface area contributed by atoms with Gasteiger partial charge in [0.1, 0.15) is 18.2 Å². The van der Waals surface area contributed by atoms with Crippen LogP contribution in [-0.4, -0.2) is 37.2 Å². The maximum atomic E-state index is 5.12. The largest absolute Gasteiger partial charge is 0.377 e. The van der Waals surface area contributed by atoms with Gasteiger partial charge in [-0.15, -0.1) is 0 Å². The van der Waals surface area contributed by atoms with Crippen molar-refractivity contribution in [1.82, 2.24) is 9.97 Å². The van der Waals surface area contributed by atoms with Crippen LogP contribution in [0, 0.1) is 11.8 Å². The first-order valence-electron chi connectivity index (χ1n) is 6.43. The summed E-state index contributed by atoms with van der Waals surface area (Å²) in [5.74, 6) is 4.00. The van der Waals surface area contributed by atoms with E-state index in [0.717, 1.165) is 30.5 Å². The zero-order valence-electron chi connectivity index (χ0n) is 11.6. The number of anilines is 2. The minimum atomic E-state index is 0.446. The zero-order valence-corrected chi connectivity index (χ0v) is 11.6. The molecule has 1 N–H and O–H groups in total. The Hall–Kier alpha value is -1.36. The van der Waals surface area contributed by atoms with Gasteiger partial charge in [0.2, 0.25) is 0 Å². The minimum absolute atomic E-state index is 0.446. The van der Waals surface area contributed by atoms with Crippen LogP contribution in [0.4, 0.5) is 11.6 Å². The number of nitrogens with one attached hydrogen (secondary N) is 1. The molecule has 0 spiro atoms. The van der Waals surface area contributed by atoms with Crippen LogP contribution in [-0.2, 0) is 11.3 Å². The predicted molar refractivity (Wildman–Crippen MR) is 72.8 cm³/mol. The molecule has 2 rings (SSSR count). The van der Waals surface area contributed by atoms with Crippen LogP contribution in [0.3, 0.4) is 0 Å². The van der Waals surface area contributed by atoms with Crippen LogP contribution in [0.5, 0.6) is 0 Å². The Balaban J connectivity index is 2.24. The van der Waals surface area contributed by atoms with Crippen molar-refractivity contribution in [2.45, 2.75) is 20.5 Å². The van der Waals surface area contributed by atoms with E-state index >= 15 is 0 Å². The second kappa shape index (κ2) is 5.52. The topological polar surface area (TPSA) is 50.3 Å². The smallest absolute Gasteiger partial charge is 0.158 e. The first kappa shape index (κ1) is 13.1. The first-order valence-corrected chi connectivity index (χ1v) is 6.43. The zero-order chi connectivity index (χ0) is 13.1. The summed E-state index contributed by atoms with van der Waals surface area (Å²) < 4.78 is 5.12. The van der Waals surface area contributed by atoms with Crippen LogP contribution >= 0.6 is 0 Å². The van der Waals surface area contributed by atoms with Crippen LogP contribution in [0.15, 0.2) is 6.07 Å².